The second kappa shape index (κ2) is 7.27. The molecule has 0 spiro atoms. The van der Waals surface area contributed by atoms with Gasteiger partial charge >= 0.3 is 0 Å². The summed E-state index contributed by atoms with van der Waals surface area (Å²) in [6.45, 7) is 4.02. The number of thiazole rings is 1. The Morgan fingerprint density at radius 3 is 2.54 bits per heavy atom. The number of aromatic nitrogens is 1. The van der Waals surface area contributed by atoms with Gasteiger partial charge in [-0.1, -0.05) is 42.5 Å². The van der Waals surface area contributed by atoms with Crippen molar-refractivity contribution in [2.45, 2.75) is 13.8 Å². The van der Waals surface area contributed by atoms with Crippen LogP contribution in [-0.2, 0) is 0 Å². The zero-order chi connectivity index (χ0) is 16.9. The smallest absolute Gasteiger partial charge is 0.204 e. The number of nitrogens with one attached hydrogen (secondary N) is 1. The Kier molecular flexibility index (Phi) is 4.91. The number of anilines is 1. The molecule has 0 unspecified atom stereocenters. The van der Waals surface area contributed by atoms with Crippen LogP contribution in [0, 0.1) is 6.92 Å². The van der Waals surface area contributed by atoms with Gasteiger partial charge in [0.1, 0.15) is 5.75 Å². The van der Waals surface area contributed by atoms with Crippen molar-refractivity contribution in [3.63, 3.8) is 0 Å². The van der Waals surface area contributed by atoms with Gasteiger partial charge in [0.2, 0.25) is 5.13 Å². The minimum absolute atomic E-state index is 0.778. The zero-order valence-corrected chi connectivity index (χ0v) is 14.7. The second-order valence-electron chi connectivity index (χ2n) is 5.30. The molecule has 1 heterocycles. The van der Waals surface area contributed by atoms with E-state index >= 15 is 0 Å². The molecule has 4 nitrogen and oxygen atoms in total. The molecule has 0 aliphatic heterocycles. The van der Waals surface area contributed by atoms with E-state index in [9.17, 15) is 0 Å². The van der Waals surface area contributed by atoms with Gasteiger partial charge < -0.3 is 4.74 Å². The van der Waals surface area contributed by atoms with Crippen LogP contribution in [0.1, 0.15) is 17.4 Å². The molecule has 122 valence electrons. The summed E-state index contributed by atoms with van der Waals surface area (Å²) in [6.07, 6.45) is 0. The number of rotatable bonds is 5. The molecule has 3 aromatic rings. The van der Waals surface area contributed by atoms with E-state index in [0.717, 1.165) is 38.3 Å². The number of hydrogen-bond donors (Lipinski definition) is 1. The number of ether oxygens (including phenoxy) is 1. The van der Waals surface area contributed by atoms with Crippen molar-refractivity contribution in [3.8, 4) is 17.0 Å². The van der Waals surface area contributed by atoms with E-state index in [1.54, 1.807) is 18.4 Å². The van der Waals surface area contributed by atoms with E-state index in [1.165, 1.54) is 0 Å². The summed E-state index contributed by atoms with van der Waals surface area (Å²) in [5, 5.41) is 5.23. The number of methoxy groups -OCH3 is 1. The third kappa shape index (κ3) is 3.46. The molecule has 24 heavy (non-hydrogen) atoms. The van der Waals surface area contributed by atoms with Gasteiger partial charge in [-0.15, -0.1) is 11.3 Å². The van der Waals surface area contributed by atoms with Crippen LogP contribution in [-0.4, -0.2) is 17.8 Å². The summed E-state index contributed by atoms with van der Waals surface area (Å²) in [5.74, 6) is 0.806. The molecule has 5 heteroatoms. The van der Waals surface area contributed by atoms with Crippen molar-refractivity contribution in [1.82, 2.24) is 4.98 Å². The molecule has 0 amide bonds. The Balaban J connectivity index is 1.82. The Hall–Kier alpha value is -2.66. The summed E-state index contributed by atoms with van der Waals surface area (Å²) in [6, 6.07) is 18.0. The normalized spacial score (nSPS) is 11.4. The van der Waals surface area contributed by atoms with Crippen LogP contribution >= 0.6 is 11.3 Å². The molecule has 0 atom stereocenters. The van der Waals surface area contributed by atoms with Crippen molar-refractivity contribution in [1.29, 1.82) is 0 Å². The predicted octanol–water partition coefficient (Wildman–Crippen LogP) is 4.96. The first kappa shape index (κ1) is 16.2. The van der Waals surface area contributed by atoms with E-state index in [-0.39, 0.29) is 0 Å². The number of aryl methyl sites for hydroxylation is 1. The van der Waals surface area contributed by atoms with E-state index in [4.69, 9.17) is 4.74 Å². The highest BCUT2D eigenvalue weighted by Crippen LogP contribution is 2.30. The van der Waals surface area contributed by atoms with Crippen LogP contribution in [0.15, 0.2) is 59.7 Å². The highest BCUT2D eigenvalue weighted by Gasteiger charge is 2.10. The number of hydrogen-bond acceptors (Lipinski definition) is 5. The van der Waals surface area contributed by atoms with Crippen LogP contribution in [0.5, 0.6) is 5.75 Å². The maximum absolute atomic E-state index is 5.38. The fraction of sp³-hybridized carbons (Fsp3) is 0.158. The second-order valence-corrected chi connectivity index (χ2v) is 6.50. The van der Waals surface area contributed by atoms with Gasteiger partial charge in [0.15, 0.2) is 0 Å². The van der Waals surface area contributed by atoms with Gasteiger partial charge in [0.05, 0.1) is 18.5 Å². The molecule has 1 N–H and O–H groups in total. The summed E-state index contributed by atoms with van der Waals surface area (Å²) >= 11 is 1.60. The van der Waals surface area contributed by atoms with Gasteiger partial charge in [0, 0.05) is 16.0 Å². The minimum Gasteiger partial charge on any atom is -0.496 e. The van der Waals surface area contributed by atoms with Crippen molar-refractivity contribution in [2.24, 2.45) is 5.10 Å². The standard InChI is InChI=1S/C19H19N3OS/c1-13(16-11-7-8-12-17(16)23-3)21-22-19-20-18(14(2)24-19)15-9-5-4-6-10-15/h4-12H,1-3H3,(H,20,22). The lowest BCUT2D eigenvalue weighted by Crippen LogP contribution is -2.02. The van der Waals surface area contributed by atoms with Crippen LogP contribution in [0.4, 0.5) is 5.13 Å². The van der Waals surface area contributed by atoms with Crippen LogP contribution in [0.3, 0.4) is 0 Å². The maximum atomic E-state index is 5.38. The van der Waals surface area contributed by atoms with Crippen molar-refractivity contribution < 1.29 is 4.74 Å². The molecule has 0 bridgehead atoms. The molecule has 3 rings (SSSR count). The third-order valence-corrected chi connectivity index (χ3v) is 4.54. The SMILES string of the molecule is COc1ccccc1C(C)=NNc1nc(-c2ccccc2)c(C)s1. The molecular weight excluding hydrogens is 318 g/mol. The molecule has 2 aromatic carbocycles. The zero-order valence-electron chi connectivity index (χ0n) is 13.9. The summed E-state index contributed by atoms with van der Waals surface area (Å²) in [5.41, 5.74) is 6.99. The molecule has 1 aromatic heterocycles. The average Bonchev–Trinajstić information content (AvgIpc) is 3.01. The monoisotopic (exact) mass is 337 g/mol. The fourth-order valence-corrected chi connectivity index (χ4v) is 3.22. The molecule has 0 saturated heterocycles. The first-order valence-corrected chi connectivity index (χ1v) is 8.47. The largest absolute Gasteiger partial charge is 0.496 e. The number of hydrazone groups is 1. The van der Waals surface area contributed by atoms with E-state index in [0.29, 0.717) is 0 Å². The van der Waals surface area contributed by atoms with Crippen LogP contribution < -0.4 is 10.2 Å². The first-order valence-electron chi connectivity index (χ1n) is 7.65. The summed E-state index contributed by atoms with van der Waals surface area (Å²) in [7, 11) is 1.66. The van der Waals surface area contributed by atoms with Gasteiger partial charge in [-0.05, 0) is 26.0 Å². The first-order chi connectivity index (χ1) is 11.7. The molecule has 0 saturated carbocycles. The number of benzene rings is 2. The lowest BCUT2D eigenvalue weighted by atomic mass is 10.1. The average molecular weight is 337 g/mol. The lowest BCUT2D eigenvalue weighted by Gasteiger charge is -2.07. The molecule has 0 fully saturated rings. The van der Waals surface area contributed by atoms with Gasteiger partial charge in [-0.25, -0.2) is 4.98 Å². The molecular formula is C19H19N3OS. The predicted molar refractivity (Wildman–Crippen MR) is 101 cm³/mol. The Morgan fingerprint density at radius 1 is 1.08 bits per heavy atom. The van der Waals surface area contributed by atoms with E-state index in [2.05, 4.69) is 34.6 Å². The highest BCUT2D eigenvalue weighted by molar-refractivity contribution is 7.16. The Bertz CT molecular complexity index is 856. The Labute approximate surface area is 145 Å². The Morgan fingerprint density at radius 2 is 1.79 bits per heavy atom. The highest BCUT2D eigenvalue weighted by atomic mass is 32.1. The topological polar surface area (TPSA) is 46.5 Å². The summed E-state index contributed by atoms with van der Waals surface area (Å²) in [4.78, 5) is 5.82. The van der Waals surface area contributed by atoms with Gasteiger partial charge in [0.25, 0.3) is 0 Å². The van der Waals surface area contributed by atoms with Gasteiger partial charge in [-0.3, -0.25) is 5.43 Å². The number of nitrogens with zero attached hydrogens (tertiary/aromatic N) is 2. The fourth-order valence-electron chi connectivity index (χ4n) is 2.44. The van der Waals surface area contributed by atoms with Crippen molar-refractivity contribution >= 4 is 22.2 Å². The third-order valence-electron chi connectivity index (χ3n) is 3.66. The van der Waals surface area contributed by atoms with E-state index < -0.39 is 0 Å². The lowest BCUT2D eigenvalue weighted by molar-refractivity contribution is 0.414. The van der Waals surface area contributed by atoms with Crippen molar-refractivity contribution in [2.75, 3.05) is 12.5 Å². The van der Waals surface area contributed by atoms with Crippen molar-refractivity contribution in [3.05, 3.63) is 65.0 Å². The molecule has 0 radical (unpaired) electrons. The van der Waals surface area contributed by atoms with E-state index in [1.807, 2.05) is 49.4 Å². The number of para-hydroxylation sites is 1. The molecule has 0 aliphatic rings. The van der Waals surface area contributed by atoms with Crippen LogP contribution in [0.25, 0.3) is 11.3 Å². The van der Waals surface area contributed by atoms with Gasteiger partial charge in [-0.2, -0.15) is 5.10 Å². The quantitative estimate of drug-likeness (QED) is 0.528. The minimum atomic E-state index is 0.778. The summed E-state index contributed by atoms with van der Waals surface area (Å²) < 4.78 is 5.38. The van der Waals surface area contributed by atoms with Crippen LogP contribution in [0.2, 0.25) is 0 Å². The maximum Gasteiger partial charge on any atom is 0.204 e. The molecule has 0 aliphatic carbocycles.